The second-order valence-corrected chi connectivity index (χ2v) is 7.28. The maximum atomic E-state index is 12.6. The Labute approximate surface area is 116 Å². The monoisotopic (exact) mass is 264 g/mol. The van der Waals surface area contributed by atoms with E-state index in [9.17, 15) is 4.79 Å². The number of carbonyl (C=O) groups is 1. The largest absolute Gasteiger partial charge is 0.349 e. The molecule has 0 radical (unpaired) electrons. The van der Waals surface area contributed by atoms with Crippen molar-refractivity contribution in [1.82, 2.24) is 5.32 Å². The Kier molecular flexibility index (Phi) is 3.59. The molecule has 0 aromatic rings. The van der Waals surface area contributed by atoms with E-state index in [1.165, 1.54) is 38.5 Å². The van der Waals surface area contributed by atoms with E-state index in [1.807, 2.05) is 0 Å². The molecule has 19 heavy (non-hydrogen) atoms. The van der Waals surface area contributed by atoms with Crippen LogP contribution < -0.4 is 11.1 Å². The molecule has 0 spiro atoms. The Hall–Kier alpha value is -0.570. The van der Waals surface area contributed by atoms with Crippen LogP contribution in [0.1, 0.15) is 58.3 Å². The fourth-order valence-corrected chi connectivity index (χ4v) is 4.86. The lowest BCUT2D eigenvalue weighted by molar-refractivity contribution is -0.129. The van der Waals surface area contributed by atoms with Gasteiger partial charge in [-0.05, 0) is 49.9 Å². The summed E-state index contributed by atoms with van der Waals surface area (Å²) in [5, 5.41) is 3.39. The van der Waals surface area contributed by atoms with E-state index in [-0.39, 0.29) is 11.5 Å². The zero-order valence-corrected chi connectivity index (χ0v) is 12.2. The van der Waals surface area contributed by atoms with E-state index in [2.05, 4.69) is 12.2 Å². The topological polar surface area (TPSA) is 55.1 Å². The Morgan fingerprint density at radius 3 is 2.68 bits per heavy atom. The van der Waals surface area contributed by atoms with Crippen LogP contribution in [0.4, 0.5) is 0 Å². The summed E-state index contributed by atoms with van der Waals surface area (Å²) in [5.41, 5.74) is 5.92. The summed E-state index contributed by atoms with van der Waals surface area (Å²) >= 11 is 0. The average Bonchev–Trinajstić information content (AvgIpc) is 3.04. The van der Waals surface area contributed by atoms with Gasteiger partial charge in [0.05, 0.1) is 5.54 Å². The highest BCUT2D eigenvalue weighted by molar-refractivity contribution is 5.80. The molecule has 3 saturated carbocycles. The number of fused-ring (bicyclic) bond motifs is 2. The van der Waals surface area contributed by atoms with Gasteiger partial charge in [-0.2, -0.15) is 0 Å². The minimum Gasteiger partial charge on any atom is -0.349 e. The van der Waals surface area contributed by atoms with Gasteiger partial charge in [0.1, 0.15) is 0 Å². The van der Waals surface area contributed by atoms with E-state index in [0.717, 1.165) is 18.8 Å². The summed E-state index contributed by atoms with van der Waals surface area (Å²) in [6, 6.07) is 0. The van der Waals surface area contributed by atoms with Crippen molar-refractivity contribution in [3.05, 3.63) is 0 Å². The molecule has 0 aromatic heterocycles. The van der Waals surface area contributed by atoms with Crippen molar-refractivity contribution in [3.63, 3.8) is 0 Å². The average molecular weight is 264 g/mol. The smallest absolute Gasteiger partial charge is 0.223 e. The number of rotatable bonds is 3. The quantitative estimate of drug-likeness (QED) is 0.822. The summed E-state index contributed by atoms with van der Waals surface area (Å²) in [5.74, 6) is 2.62. The fourth-order valence-electron chi connectivity index (χ4n) is 4.86. The van der Waals surface area contributed by atoms with Crippen LogP contribution in [0, 0.1) is 23.7 Å². The third kappa shape index (κ3) is 2.31. The second-order valence-electron chi connectivity index (χ2n) is 7.28. The SMILES string of the molecule is CC1CCCCC1(CN)NC(=O)C1CC2CCC1C2. The highest BCUT2D eigenvalue weighted by Crippen LogP contribution is 2.48. The van der Waals surface area contributed by atoms with Crippen LogP contribution in [0.25, 0.3) is 0 Å². The maximum Gasteiger partial charge on any atom is 0.223 e. The molecule has 2 bridgehead atoms. The zero-order valence-electron chi connectivity index (χ0n) is 12.2. The molecule has 3 fully saturated rings. The molecule has 3 nitrogen and oxygen atoms in total. The highest BCUT2D eigenvalue weighted by atomic mass is 16.2. The van der Waals surface area contributed by atoms with E-state index >= 15 is 0 Å². The van der Waals surface area contributed by atoms with E-state index in [1.54, 1.807) is 0 Å². The number of hydrogen-bond donors (Lipinski definition) is 2. The molecule has 1 amide bonds. The molecule has 5 unspecified atom stereocenters. The van der Waals surface area contributed by atoms with Crippen LogP contribution in [0.5, 0.6) is 0 Å². The first-order chi connectivity index (χ1) is 9.14. The summed E-state index contributed by atoms with van der Waals surface area (Å²) in [6.45, 7) is 2.85. The standard InChI is InChI=1S/C16H28N2O/c1-11-4-2-3-7-16(11,10-17)18-15(19)14-9-12-5-6-13(14)8-12/h11-14H,2-10,17H2,1H3,(H,18,19). The molecule has 0 saturated heterocycles. The molecule has 0 heterocycles. The fraction of sp³-hybridized carbons (Fsp3) is 0.938. The lowest BCUT2D eigenvalue weighted by atomic mass is 9.73. The van der Waals surface area contributed by atoms with E-state index < -0.39 is 0 Å². The maximum absolute atomic E-state index is 12.6. The third-order valence-corrected chi connectivity index (χ3v) is 6.26. The van der Waals surface area contributed by atoms with Crippen molar-refractivity contribution in [2.45, 2.75) is 63.8 Å². The van der Waals surface area contributed by atoms with Crippen molar-refractivity contribution in [3.8, 4) is 0 Å². The normalized spacial score (nSPS) is 45.4. The molecule has 108 valence electrons. The molecular weight excluding hydrogens is 236 g/mol. The summed E-state index contributed by atoms with van der Waals surface area (Å²) in [6.07, 6.45) is 9.81. The highest BCUT2D eigenvalue weighted by Gasteiger charge is 2.46. The van der Waals surface area contributed by atoms with Crippen molar-refractivity contribution in [2.75, 3.05) is 6.54 Å². The first-order valence-electron chi connectivity index (χ1n) is 8.17. The van der Waals surface area contributed by atoms with Crippen molar-refractivity contribution >= 4 is 5.91 Å². The Balaban J connectivity index is 1.67. The number of amides is 1. The number of nitrogens with two attached hydrogens (primary N) is 1. The van der Waals surface area contributed by atoms with Crippen molar-refractivity contribution in [1.29, 1.82) is 0 Å². The lowest BCUT2D eigenvalue weighted by Crippen LogP contribution is -2.60. The van der Waals surface area contributed by atoms with Gasteiger partial charge in [0, 0.05) is 12.5 Å². The van der Waals surface area contributed by atoms with Crippen LogP contribution in [-0.2, 0) is 4.79 Å². The molecule has 0 aliphatic heterocycles. The third-order valence-electron chi connectivity index (χ3n) is 6.26. The van der Waals surface area contributed by atoms with Crippen LogP contribution >= 0.6 is 0 Å². The van der Waals surface area contributed by atoms with E-state index in [0.29, 0.717) is 24.3 Å². The van der Waals surface area contributed by atoms with Crippen LogP contribution in [0.2, 0.25) is 0 Å². The van der Waals surface area contributed by atoms with Gasteiger partial charge < -0.3 is 11.1 Å². The summed E-state index contributed by atoms with van der Waals surface area (Å²) in [7, 11) is 0. The zero-order chi connectivity index (χ0) is 13.5. The molecule has 3 rings (SSSR count). The minimum absolute atomic E-state index is 0.114. The van der Waals surface area contributed by atoms with Gasteiger partial charge in [0.25, 0.3) is 0 Å². The van der Waals surface area contributed by atoms with Crippen LogP contribution in [-0.4, -0.2) is 18.0 Å². The van der Waals surface area contributed by atoms with Crippen molar-refractivity contribution in [2.24, 2.45) is 29.4 Å². The number of hydrogen-bond acceptors (Lipinski definition) is 2. The van der Waals surface area contributed by atoms with Gasteiger partial charge in [-0.15, -0.1) is 0 Å². The number of carbonyl (C=O) groups excluding carboxylic acids is 1. The minimum atomic E-state index is -0.114. The van der Waals surface area contributed by atoms with Gasteiger partial charge in [-0.1, -0.05) is 26.2 Å². The van der Waals surface area contributed by atoms with E-state index in [4.69, 9.17) is 5.73 Å². The lowest BCUT2D eigenvalue weighted by Gasteiger charge is -2.43. The van der Waals surface area contributed by atoms with Gasteiger partial charge in [0.15, 0.2) is 0 Å². The Bertz CT molecular complexity index is 357. The molecular formula is C16H28N2O. The van der Waals surface area contributed by atoms with Gasteiger partial charge in [0.2, 0.25) is 5.91 Å². The Morgan fingerprint density at radius 1 is 1.26 bits per heavy atom. The van der Waals surface area contributed by atoms with Crippen molar-refractivity contribution < 1.29 is 4.79 Å². The molecule has 3 aliphatic rings. The summed E-state index contributed by atoms with van der Waals surface area (Å²) in [4.78, 5) is 12.6. The summed E-state index contributed by atoms with van der Waals surface area (Å²) < 4.78 is 0. The van der Waals surface area contributed by atoms with Crippen LogP contribution in [0.15, 0.2) is 0 Å². The van der Waals surface area contributed by atoms with Gasteiger partial charge in [-0.3, -0.25) is 4.79 Å². The first kappa shape index (κ1) is 13.4. The molecule has 3 aliphatic carbocycles. The van der Waals surface area contributed by atoms with Gasteiger partial charge >= 0.3 is 0 Å². The molecule has 5 atom stereocenters. The molecule has 3 heteroatoms. The number of nitrogens with one attached hydrogen (secondary N) is 1. The second kappa shape index (κ2) is 5.08. The van der Waals surface area contributed by atoms with Crippen LogP contribution in [0.3, 0.4) is 0 Å². The molecule has 0 aromatic carbocycles. The molecule has 3 N–H and O–H groups in total. The predicted molar refractivity (Wildman–Crippen MR) is 76.5 cm³/mol. The first-order valence-corrected chi connectivity index (χ1v) is 8.17. The Morgan fingerprint density at radius 2 is 2.11 bits per heavy atom. The predicted octanol–water partition coefficient (Wildman–Crippen LogP) is 2.45. The van der Waals surface area contributed by atoms with Gasteiger partial charge in [-0.25, -0.2) is 0 Å².